The predicted molar refractivity (Wildman–Crippen MR) is 97.8 cm³/mol. The van der Waals surface area contributed by atoms with E-state index in [4.69, 9.17) is 0 Å². The first-order chi connectivity index (χ1) is 11.9. The highest BCUT2D eigenvalue weighted by molar-refractivity contribution is 7.89. The van der Waals surface area contributed by atoms with Crippen LogP contribution in [-0.4, -0.2) is 25.2 Å². The van der Waals surface area contributed by atoms with Crippen molar-refractivity contribution in [2.45, 2.75) is 37.6 Å². The van der Waals surface area contributed by atoms with Gasteiger partial charge in [0.1, 0.15) is 0 Å². The largest absolute Gasteiger partial charge is 0.326 e. The lowest BCUT2D eigenvalue weighted by atomic mass is 10.0. The summed E-state index contributed by atoms with van der Waals surface area (Å²) < 4.78 is 27.7. The molecule has 1 aliphatic rings. The highest BCUT2D eigenvalue weighted by Gasteiger charge is 2.36. The number of hydrogen-bond donors (Lipinski definition) is 1. The number of benzene rings is 2. The van der Waals surface area contributed by atoms with E-state index >= 15 is 0 Å². The minimum Gasteiger partial charge on any atom is -0.326 e. The molecule has 0 unspecified atom stereocenters. The maximum absolute atomic E-state index is 13.1. The van der Waals surface area contributed by atoms with Crippen molar-refractivity contribution in [2.24, 2.45) is 0 Å². The Labute approximate surface area is 148 Å². The van der Waals surface area contributed by atoms with Crippen LogP contribution in [0.25, 0.3) is 0 Å². The summed E-state index contributed by atoms with van der Waals surface area (Å²) in [5, 5.41) is 2.65. The zero-order valence-electron chi connectivity index (χ0n) is 14.4. The maximum Gasteiger partial charge on any atom is 0.243 e. The number of anilines is 1. The van der Waals surface area contributed by atoms with Crippen LogP contribution >= 0.6 is 0 Å². The van der Waals surface area contributed by atoms with Crippen molar-refractivity contribution in [3.63, 3.8) is 0 Å². The Morgan fingerprint density at radius 1 is 1.16 bits per heavy atom. The number of nitrogens with zero attached hydrogens (tertiary/aromatic N) is 1. The van der Waals surface area contributed by atoms with Crippen LogP contribution in [0.4, 0.5) is 5.69 Å². The number of carbonyl (C=O) groups is 1. The van der Waals surface area contributed by atoms with Crippen molar-refractivity contribution in [3.8, 4) is 0 Å². The number of rotatable bonds is 4. The molecule has 1 heterocycles. The van der Waals surface area contributed by atoms with Gasteiger partial charge >= 0.3 is 0 Å². The van der Waals surface area contributed by atoms with Gasteiger partial charge in [-0.2, -0.15) is 4.31 Å². The molecule has 6 heteroatoms. The Balaban J connectivity index is 1.89. The molecule has 1 aliphatic heterocycles. The molecule has 2 aromatic carbocycles. The van der Waals surface area contributed by atoms with Gasteiger partial charge in [-0.1, -0.05) is 29.8 Å². The fraction of sp³-hybridized carbons (Fsp3) is 0.316. The summed E-state index contributed by atoms with van der Waals surface area (Å²) >= 11 is 0. The molecular formula is C19H22N2O3S. The Bertz CT molecular complexity index is 876. The molecule has 0 bridgehead atoms. The highest BCUT2D eigenvalue weighted by Crippen LogP contribution is 2.36. The van der Waals surface area contributed by atoms with E-state index in [1.807, 2.05) is 25.1 Å². The van der Waals surface area contributed by atoms with Gasteiger partial charge in [0, 0.05) is 19.2 Å². The van der Waals surface area contributed by atoms with Crippen LogP contribution in [0, 0.1) is 6.92 Å². The zero-order valence-corrected chi connectivity index (χ0v) is 15.2. The van der Waals surface area contributed by atoms with Gasteiger partial charge in [0.15, 0.2) is 0 Å². The predicted octanol–water partition coefficient (Wildman–Crippen LogP) is 3.48. The Morgan fingerprint density at radius 3 is 2.52 bits per heavy atom. The van der Waals surface area contributed by atoms with Crippen molar-refractivity contribution in [2.75, 3.05) is 11.9 Å². The van der Waals surface area contributed by atoms with Crippen LogP contribution in [-0.2, 0) is 14.8 Å². The molecule has 2 aromatic rings. The van der Waals surface area contributed by atoms with Crippen molar-refractivity contribution in [1.29, 1.82) is 0 Å². The summed E-state index contributed by atoms with van der Waals surface area (Å²) in [4.78, 5) is 11.3. The maximum atomic E-state index is 13.1. The lowest BCUT2D eigenvalue weighted by Crippen LogP contribution is -2.30. The fourth-order valence-corrected chi connectivity index (χ4v) is 4.97. The lowest BCUT2D eigenvalue weighted by Gasteiger charge is -2.25. The molecule has 1 saturated heterocycles. The quantitative estimate of drug-likeness (QED) is 0.910. The molecule has 0 spiro atoms. The second-order valence-electron chi connectivity index (χ2n) is 6.39. The summed E-state index contributed by atoms with van der Waals surface area (Å²) in [7, 11) is -3.57. The van der Waals surface area contributed by atoms with Gasteiger partial charge in [0.05, 0.1) is 10.9 Å². The van der Waals surface area contributed by atoms with Crippen LogP contribution in [0.15, 0.2) is 53.4 Å². The van der Waals surface area contributed by atoms with E-state index in [2.05, 4.69) is 11.4 Å². The highest BCUT2D eigenvalue weighted by atomic mass is 32.2. The number of sulfonamides is 1. The molecule has 0 saturated carbocycles. The first-order valence-corrected chi connectivity index (χ1v) is 9.78. The summed E-state index contributed by atoms with van der Waals surface area (Å²) in [5.41, 5.74) is 2.75. The van der Waals surface area contributed by atoms with Crippen LogP contribution < -0.4 is 5.32 Å². The van der Waals surface area contributed by atoms with Crippen molar-refractivity contribution < 1.29 is 13.2 Å². The SMILES string of the molecule is CC(=O)Nc1ccc(S(=O)(=O)N2CCC[C@H]2c2cccc(C)c2)cc1. The third-order valence-electron chi connectivity index (χ3n) is 4.41. The molecule has 3 rings (SSSR count). The van der Waals surface area contributed by atoms with Gasteiger partial charge in [0.25, 0.3) is 0 Å². The van der Waals surface area contributed by atoms with E-state index in [1.54, 1.807) is 28.6 Å². The fourth-order valence-electron chi connectivity index (χ4n) is 3.29. The van der Waals surface area contributed by atoms with E-state index in [9.17, 15) is 13.2 Å². The number of amides is 1. The smallest absolute Gasteiger partial charge is 0.243 e. The third-order valence-corrected chi connectivity index (χ3v) is 6.33. The molecule has 0 aromatic heterocycles. The first-order valence-electron chi connectivity index (χ1n) is 8.34. The van der Waals surface area contributed by atoms with Gasteiger partial charge in [-0.15, -0.1) is 0 Å². The molecular weight excluding hydrogens is 336 g/mol. The standard InChI is InChI=1S/C19H22N2O3S/c1-14-5-3-6-16(13-14)19-7-4-12-21(19)25(23,24)18-10-8-17(9-11-18)20-15(2)22/h3,5-6,8-11,13,19H,4,7,12H2,1-2H3,(H,20,22)/t19-/m0/s1. The third kappa shape index (κ3) is 3.75. The second-order valence-corrected chi connectivity index (χ2v) is 8.28. The molecule has 1 atom stereocenters. The normalized spacial score (nSPS) is 18.2. The lowest BCUT2D eigenvalue weighted by molar-refractivity contribution is -0.114. The molecule has 1 amide bonds. The molecule has 0 radical (unpaired) electrons. The summed E-state index contributed by atoms with van der Waals surface area (Å²) in [6, 6.07) is 14.2. The van der Waals surface area contributed by atoms with Crippen LogP contribution in [0.3, 0.4) is 0 Å². The Morgan fingerprint density at radius 2 is 1.88 bits per heavy atom. The summed E-state index contributed by atoms with van der Waals surface area (Å²) in [6.07, 6.45) is 1.68. The molecule has 5 nitrogen and oxygen atoms in total. The second kappa shape index (κ2) is 6.98. The van der Waals surface area contributed by atoms with Crippen molar-refractivity contribution >= 4 is 21.6 Å². The van der Waals surface area contributed by atoms with Crippen LogP contribution in [0.1, 0.15) is 36.9 Å². The monoisotopic (exact) mass is 358 g/mol. The zero-order chi connectivity index (χ0) is 18.0. The molecule has 25 heavy (non-hydrogen) atoms. The molecule has 0 aliphatic carbocycles. The van der Waals surface area contributed by atoms with E-state index in [1.165, 1.54) is 6.92 Å². The minimum atomic E-state index is -3.57. The number of aryl methyl sites for hydroxylation is 1. The topological polar surface area (TPSA) is 66.5 Å². The number of carbonyl (C=O) groups excluding carboxylic acids is 1. The Kier molecular flexibility index (Phi) is 4.92. The van der Waals surface area contributed by atoms with E-state index in [0.29, 0.717) is 12.2 Å². The average molecular weight is 358 g/mol. The number of hydrogen-bond acceptors (Lipinski definition) is 3. The molecule has 1 fully saturated rings. The minimum absolute atomic E-state index is 0.125. The molecule has 1 N–H and O–H groups in total. The van der Waals surface area contributed by atoms with Gasteiger partial charge in [-0.05, 0) is 49.6 Å². The van der Waals surface area contributed by atoms with Crippen molar-refractivity contribution in [1.82, 2.24) is 4.31 Å². The van der Waals surface area contributed by atoms with Gasteiger partial charge < -0.3 is 5.32 Å². The van der Waals surface area contributed by atoms with Crippen molar-refractivity contribution in [3.05, 3.63) is 59.7 Å². The number of nitrogens with one attached hydrogen (secondary N) is 1. The van der Waals surface area contributed by atoms with Gasteiger partial charge in [-0.25, -0.2) is 8.42 Å². The van der Waals surface area contributed by atoms with Crippen LogP contribution in [0.2, 0.25) is 0 Å². The molecule has 132 valence electrons. The van der Waals surface area contributed by atoms with E-state index in [0.717, 1.165) is 24.0 Å². The van der Waals surface area contributed by atoms with Gasteiger partial charge in [0.2, 0.25) is 15.9 Å². The van der Waals surface area contributed by atoms with Gasteiger partial charge in [-0.3, -0.25) is 4.79 Å². The average Bonchev–Trinajstić information content (AvgIpc) is 3.05. The summed E-state index contributed by atoms with van der Waals surface area (Å²) in [6.45, 7) is 3.95. The Hall–Kier alpha value is -2.18. The van der Waals surface area contributed by atoms with Crippen LogP contribution in [0.5, 0.6) is 0 Å². The summed E-state index contributed by atoms with van der Waals surface area (Å²) in [5.74, 6) is -0.185. The first kappa shape index (κ1) is 17.6. The van der Waals surface area contributed by atoms with E-state index < -0.39 is 10.0 Å². The van der Waals surface area contributed by atoms with E-state index in [-0.39, 0.29) is 16.8 Å².